The van der Waals surface area contributed by atoms with Gasteiger partial charge in [-0.25, -0.2) is 0 Å². The highest BCUT2D eigenvalue weighted by molar-refractivity contribution is 6.31. The number of amidine groups is 1. The molecule has 0 saturated heterocycles. The van der Waals surface area contributed by atoms with Gasteiger partial charge in [-0.05, 0) is 37.6 Å². The molecule has 1 amide bonds. The first kappa shape index (κ1) is 13.3. The van der Waals surface area contributed by atoms with Crippen LogP contribution in [0.1, 0.15) is 22.8 Å². The highest BCUT2D eigenvalue weighted by Crippen LogP contribution is 2.16. The molecule has 1 aromatic carbocycles. The van der Waals surface area contributed by atoms with Crippen LogP contribution in [-0.2, 0) is 0 Å². The summed E-state index contributed by atoms with van der Waals surface area (Å²) in [6.07, 6.45) is 0. The van der Waals surface area contributed by atoms with Crippen molar-refractivity contribution in [1.29, 1.82) is 0 Å². The van der Waals surface area contributed by atoms with Crippen molar-refractivity contribution in [2.75, 3.05) is 0 Å². The van der Waals surface area contributed by atoms with E-state index in [0.29, 0.717) is 10.6 Å². The standard InChI is InChI=1S/C11H14ClN3O2/c1-6-5-8(3-4-9(6)12)11(16)14-7(2)10(13)15-17/h3-5,7,17H,1-2H3,(H2,13,15)(H,14,16). The molecule has 0 heterocycles. The molecule has 6 heteroatoms. The van der Waals surface area contributed by atoms with E-state index in [2.05, 4.69) is 10.5 Å². The van der Waals surface area contributed by atoms with Gasteiger partial charge in [-0.1, -0.05) is 16.8 Å². The van der Waals surface area contributed by atoms with Crippen LogP contribution < -0.4 is 11.1 Å². The van der Waals surface area contributed by atoms with E-state index < -0.39 is 6.04 Å². The van der Waals surface area contributed by atoms with Crippen molar-refractivity contribution in [2.24, 2.45) is 10.9 Å². The zero-order valence-electron chi connectivity index (χ0n) is 9.57. The molecule has 0 aromatic heterocycles. The van der Waals surface area contributed by atoms with E-state index in [0.717, 1.165) is 5.56 Å². The number of rotatable bonds is 3. The number of carbonyl (C=O) groups is 1. The molecule has 1 aromatic rings. The van der Waals surface area contributed by atoms with Crippen molar-refractivity contribution in [3.8, 4) is 0 Å². The second-order valence-electron chi connectivity index (χ2n) is 3.68. The lowest BCUT2D eigenvalue weighted by atomic mass is 10.1. The Hall–Kier alpha value is -1.75. The second-order valence-corrected chi connectivity index (χ2v) is 4.09. The Morgan fingerprint density at radius 1 is 1.59 bits per heavy atom. The molecule has 0 fully saturated rings. The molecule has 4 N–H and O–H groups in total. The Balaban J connectivity index is 2.80. The Morgan fingerprint density at radius 2 is 2.24 bits per heavy atom. The zero-order valence-corrected chi connectivity index (χ0v) is 10.3. The van der Waals surface area contributed by atoms with Crippen molar-refractivity contribution < 1.29 is 10.0 Å². The lowest BCUT2D eigenvalue weighted by Crippen LogP contribution is -2.42. The summed E-state index contributed by atoms with van der Waals surface area (Å²) in [5.41, 5.74) is 6.65. The number of carbonyl (C=O) groups excluding carboxylic acids is 1. The Bertz CT molecular complexity index is 460. The number of hydrogen-bond acceptors (Lipinski definition) is 3. The summed E-state index contributed by atoms with van der Waals surface area (Å²) in [4.78, 5) is 11.8. The summed E-state index contributed by atoms with van der Waals surface area (Å²) >= 11 is 5.86. The van der Waals surface area contributed by atoms with Gasteiger partial charge in [0.1, 0.15) is 0 Å². The maximum absolute atomic E-state index is 11.8. The maximum Gasteiger partial charge on any atom is 0.251 e. The van der Waals surface area contributed by atoms with Crippen molar-refractivity contribution in [3.05, 3.63) is 34.3 Å². The predicted octanol–water partition coefficient (Wildman–Crippen LogP) is 1.51. The molecule has 0 spiro atoms. The van der Waals surface area contributed by atoms with Crippen LogP contribution in [0.25, 0.3) is 0 Å². The predicted molar refractivity (Wildman–Crippen MR) is 66.5 cm³/mol. The molecule has 17 heavy (non-hydrogen) atoms. The third kappa shape index (κ3) is 3.35. The van der Waals surface area contributed by atoms with Gasteiger partial charge in [0.2, 0.25) is 0 Å². The Labute approximate surface area is 104 Å². The first-order valence-electron chi connectivity index (χ1n) is 5.00. The van der Waals surface area contributed by atoms with E-state index >= 15 is 0 Å². The van der Waals surface area contributed by atoms with Crippen LogP contribution in [0.2, 0.25) is 5.02 Å². The van der Waals surface area contributed by atoms with Gasteiger partial charge in [-0.2, -0.15) is 0 Å². The summed E-state index contributed by atoms with van der Waals surface area (Å²) < 4.78 is 0. The van der Waals surface area contributed by atoms with Crippen LogP contribution >= 0.6 is 11.6 Å². The highest BCUT2D eigenvalue weighted by atomic mass is 35.5. The van der Waals surface area contributed by atoms with Crippen LogP contribution in [0.15, 0.2) is 23.4 Å². The van der Waals surface area contributed by atoms with Crippen LogP contribution in [0, 0.1) is 6.92 Å². The van der Waals surface area contributed by atoms with E-state index in [-0.39, 0.29) is 11.7 Å². The summed E-state index contributed by atoms with van der Waals surface area (Å²) in [6.45, 7) is 3.43. The smallest absolute Gasteiger partial charge is 0.251 e. The summed E-state index contributed by atoms with van der Waals surface area (Å²) in [5.74, 6) is -0.354. The minimum absolute atomic E-state index is 0.0518. The minimum Gasteiger partial charge on any atom is -0.409 e. The molecular formula is C11H14ClN3O2. The van der Waals surface area contributed by atoms with Crippen molar-refractivity contribution >= 4 is 23.3 Å². The lowest BCUT2D eigenvalue weighted by molar-refractivity contribution is 0.0948. The number of hydrogen-bond donors (Lipinski definition) is 3. The molecular weight excluding hydrogens is 242 g/mol. The van der Waals surface area contributed by atoms with Crippen LogP contribution in [-0.4, -0.2) is 23.0 Å². The van der Waals surface area contributed by atoms with Crippen molar-refractivity contribution in [3.63, 3.8) is 0 Å². The van der Waals surface area contributed by atoms with E-state index in [1.165, 1.54) is 0 Å². The molecule has 0 bridgehead atoms. The van der Waals surface area contributed by atoms with Gasteiger partial charge < -0.3 is 16.3 Å². The highest BCUT2D eigenvalue weighted by Gasteiger charge is 2.13. The van der Waals surface area contributed by atoms with Gasteiger partial charge in [-0.3, -0.25) is 4.79 Å². The van der Waals surface area contributed by atoms with E-state index in [1.807, 2.05) is 6.92 Å². The number of amides is 1. The number of oxime groups is 1. The van der Waals surface area contributed by atoms with Gasteiger partial charge in [-0.15, -0.1) is 0 Å². The first-order chi connectivity index (χ1) is 7.95. The van der Waals surface area contributed by atoms with Crippen molar-refractivity contribution in [1.82, 2.24) is 5.32 Å². The number of benzene rings is 1. The quantitative estimate of drug-likeness (QED) is 0.331. The molecule has 92 valence electrons. The maximum atomic E-state index is 11.8. The number of aryl methyl sites for hydroxylation is 1. The molecule has 1 rings (SSSR count). The number of halogens is 1. The van der Waals surface area contributed by atoms with Crippen LogP contribution in [0.4, 0.5) is 0 Å². The van der Waals surface area contributed by atoms with Gasteiger partial charge in [0.25, 0.3) is 5.91 Å². The third-order valence-electron chi connectivity index (χ3n) is 2.33. The molecule has 0 aliphatic rings. The van der Waals surface area contributed by atoms with E-state index in [9.17, 15) is 4.79 Å². The molecule has 0 radical (unpaired) electrons. The van der Waals surface area contributed by atoms with Gasteiger partial charge in [0.15, 0.2) is 5.84 Å². The lowest BCUT2D eigenvalue weighted by Gasteiger charge is -2.12. The summed E-state index contributed by atoms with van der Waals surface area (Å²) in [6, 6.07) is 4.41. The molecule has 5 nitrogen and oxygen atoms in total. The van der Waals surface area contributed by atoms with Gasteiger partial charge in [0.05, 0.1) is 6.04 Å². The minimum atomic E-state index is -0.538. The van der Waals surface area contributed by atoms with Gasteiger partial charge in [0, 0.05) is 10.6 Å². The number of nitrogens with one attached hydrogen (secondary N) is 1. The fraction of sp³-hybridized carbons (Fsp3) is 0.273. The first-order valence-corrected chi connectivity index (χ1v) is 5.38. The topological polar surface area (TPSA) is 87.7 Å². The average molecular weight is 256 g/mol. The molecule has 0 saturated carbocycles. The van der Waals surface area contributed by atoms with E-state index in [4.69, 9.17) is 22.5 Å². The van der Waals surface area contributed by atoms with Crippen LogP contribution in [0.3, 0.4) is 0 Å². The molecule has 1 atom stereocenters. The largest absolute Gasteiger partial charge is 0.409 e. The van der Waals surface area contributed by atoms with Gasteiger partial charge >= 0.3 is 0 Å². The molecule has 0 aliphatic carbocycles. The monoisotopic (exact) mass is 255 g/mol. The average Bonchev–Trinajstić information content (AvgIpc) is 2.31. The fourth-order valence-corrected chi connectivity index (χ4v) is 1.34. The Morgan fingerprint density at radius 3 is 2.76 bits per heavy atom. The molecule has 1 unspecified atom stereocenters. The fourth-order valence-electron chi connectivity index (χ4n) is 1.23. The number of nitrogens with two attached hydrogens (primary N) is 1. The number of nitrogens with zero attached hydrogens (tertiary/aromatic N) is 1. The summed E-state index contributed by atoms with van der Waals surface area (Å²) in [5, 5.41) is 14.5. The SMILES string of the molecule is Cc1cc(C(=O)NC(C)/C(N)=N/O)ccc1Cl. The Kier molecular flexibility index (Phi) is 4.34. The summed E-state index contributed by atoms with van der Waals surface area (Å²) in [7, 11) is 0. The zero-order chi connectivity index (χ0) is 13.0. The molecule has 0 aliphatic heterocycles. The second kappa shape index (κ2) is 5.54. The normalized spacial score (nSPS) is 13.2. The van der Waals surface area contributed by atoms with Crippen LogP contribution in [0.5, 0.6) is 0 Å². The van der Waals surface area contributed by atoms with Crippen molar-refractivity contribution in [2.45, 2.75) is 19.9 Å². The van der Waals surface area contributed by atoms with E-state index in [1.54, 1.807) is 25.1 Å². The third-order valence-corrected chi connectivity index (χ3v) is 2.75.